The van der Waals surface area contributed by atoms with Gasteiger partial charge < -0.3 is 4.42 Å². The van der Waals surface area contributed by atoms with Crippen molar-refractivity contribution in [3.05, 3.63) is 46.7 Å². The highest BCUT2D eigenvalue weighted by Gasteiger charge is 2.05. The summed E-state index contributed by atoms with van der Waals surface area (Å²) in [6, 6.07) is 9.36. The molecule has 0 saturated carbocycles. The van der Waals surface area contributed by atoms with Gasteiger partial charge in [0.15, 0.2) is 0 Å². The summed E-state index contributed by atoms with van der Waals surface area (Å²) in [7, 11) is 0. The van der Waals surface area contributed by atoms with Crippen LogP contribution in [-0.2, 0) is 0 Å². The third kappa shape index (κ3) is 1.91. The molecule has 0 amide bonds. The summed E-state index contributed by atoms with van der Waals surface area (Å²) in [5.74, 6) is 4.20. The number of rotatable bonds is 1. The lowest BCUT2D eigenvalue weighted by Gasteiger charge is -2.00. The summed E-state index contributed by atoms with van der Waals surface area (Å²) in [5, 5.41) is 0.573. The topological polar surface area (TPSA) is 13.1 Å². The standard InChI is InChI=1S/C13H9ClO/c1-3-10-5-6-11(8-12(10)14)13-7-4-9(2)15-13/h1,4-8H,2H3. The van der Waals surface area contributed by atoms with Gasteiger partial charge in [0.05, 0.1) is 5.02 Å². The van der Waals surface area contributed by atoms with E-state index in [9.17, 15) is 0 Å². The number of aryl methyl sites for hydroxylation is 1. The van der Waals surface area contributed by atoms with Crippen LogP contribution < -0.4 is 0 Å². The molecule has 0 unspecified atom stereocenters. The van der Waals surface area contributed by atoms with Crippen LogP contribution in [0.2, 0.25) is 5.02 Å². The highest BCUT2D eigenvalue weighted by molar-refractivity contribution is 6.32. The van der Waals surface area contributed by atoms with Gasteiger partial charge in [0.1, 0.15) is 11.5 Å². The second kappa shape index (κ2) is 3.84. The van der Waals surface area contributed by atoms with Gasteiger partial charge in [-0.1, -0.05) is 17.5 Å². The van der Waals surface area contributed by atoms with E-state index in [1.807, 2.05) is 37.3 Å². The predicted molar refractivity (Wildman–Crippen MR) is 61.8 cm³/mol. The number of hydrogen-bond acceptors (Lipinski definition) is 1. The molecule has 0 saturated heterocycles. The molecule has 2 aromatic rings. The molecule has 0 atom stereocenters. The molecule has 1 aromatic carbocycles. The van der Waals surface area contributed by atoms with E-state index in [0.29, 0.717) is 10.6 Å². The van der Waals surface area contributed by atoms with E-state index in [-0.39, 0.29) is 0 Å². The van der Waals surface area contributed by atoms with Gasteiger partial charge in [0.25, 0.3) is 0 Å². The van der Waals surface area contributed by atoms with Gasteiger partial charge >= 0.3 is 0 Å². The van der Waals surface area contributed by atoms with Crippen LogP contribution in [0.3, 0.4) is 0 Å². The number of hydrogen-bond donors (Lipinski definition) is 0. The zero-order valence-electron chi connectivity index (χ0n) is 8.25. The summed E-state index contributed by atoms with van der Waals surface area (Å²) < 4.78 is 5.49. The minimum atomic E-state index is 0.573. The minimum absolute atomic E-state index is 0.573. The van der Waals surface area contributed by atoms with E-state index in [0.717, 1.165) is 17.1 Å². The van der Waals surface area contributed by atoms with Gasteiger partial charge in [-0.25, -0.2) is 0 Å². The molecule has 0 aliphatic rings. The Morgan fingerprint density at radius 3 is 2.60 bits per heavy atom. The SMILES string of the molecule is C#Cc1ccc(-c2ccc(C)o2)cc1Cl. The van der Waals surface area contributed by atoms with Crippen molar-refractivity contribution < 1.29 is 4.42 Å². The molecule has 1 aromatic heterocycles. The first-order valence-corrected chi connectivity index (χ1v) is 4.91. The lowest BCUT2D eigenvalue weighted by Crippen LogP contribution is -1.79. The predicted octanol–water partition coefficient (Wildman–Crippen LogP) is 3.89. The van der Waals surface area contributed by atoms with Crippen molar-refractivity contribution in [2.75, 3.05) is 0 Å². The van der Waals surface area contributed by atoms with Gasteiger partial charge in [-0.15, -0.1) is 6.42 Å². The van der Waals surface area contributed by atoms with Crippen molar-refractivity contribution in [2.45, 2.75) is 6.92 Å². The summed E-state index contributed by atoms with van der Waals surface area (Å²) in [5.41, 5.74) is 1.63. The molecule has 1 nitrogen and oxygen atoms in total. The fourth-order valence-electron chi connectivity index (χ4n) is 1.38. The monoisotopic (exact) mass is 216 g/mol. The molecule has 0 aliphatic heterocycles. The van der Waals surface area contributed by atoms with Crippen LogP contribution in [0.5, 0.6) is 0 Å². The molecule has 2 rings (SSSR count). The highest BCUT2D eigenvalue weighted by Crippen LogP contribution is 2.26. The Kier molecular flexibility index (Phi) is 2.53. The van der Waals surface area contributed by atoms with Crippen LogP contribution in [0.1, 0.15) is 11.3 Å². The first-order chi connectivity index (χ1) is 7.20. The molecular formula is C13H9ClO. The molecule has 0 radical (unpaired) electrons. The first-order valence-electron chi connectivity index (χ1n) is 4.53. The fraction of sp³-hybridized carbons (Fsp3) is 0.0769. The van der Waals surface area contributed by atoms with Crippen LogP contribution in [-0.4, -0.2) is 0 Å². The summed E-state index contributed by atoms with van der Waals surface area (Å²) in [6.07, 6.45) is 5.29. The molecule has 0 spiro atoms. The average molecular weight is 217 g/mol. The molecule has 1 heterocycles. The van der Waals surface area contributed by atoms with Crippen molar-refractivity contribution >= 4 is 11.6 Å². The zero-order valence-corrected chi connectivity index (χ0v) is 9.01. The van der Waals surface area contributed by atoms with E-state index in [2.05, 4.69) is 5.92 Å². The lowest BCUT2D eigenvalue weighted by molar-refractivity contribution is 0.548. The number of terminal acetylenes is 1. The van der Waals surface area contributed by atoms with Crippen LogP contribution in [0.4, 0.5) is 0 Å². The van der Waals surface area contributed by atoms with Crippen molar-refractivity contribution in [2.24, 2.45) is 0 Å². The molecular weight excluding hydrogens is 208 g/mol. The molecule has 2 heteroatoms. The van der Waals surface area contributed by atoms with E-state index in [1.54, 1.807) is 0 Å². The van der Waals surface area contributed by atoms with Crippen molar-refractivity contribution in [1.29, 1.82) is 0 Å². The maximum Gasteiger partial charge on any atom is 0.134 e. The third-order valence-electron chi connectivity index (χ3n) is 2.15. The third-order valence-corrected chi connectivity index (χ3v) is 2.46. The Balaban J connectivity index is 2.48. The minimum Gasteiger partial charge on any atom is -0.461 e. The number of halogens is 1. The maximum absolute atomic E-state index is 6.00. The summed E-state index contributed by atoms with van der Waals surface area (Å²) in [4.78, 5) is 0. The van der Waals surface area contributed by atoms with Gasteiger partial charge in [0.2, 0.25) is 0 Å². The van der Waals surface area contributed by atoms with Crippen LogP contribution in [0, 0.1) is 19.3 Å². The molecule has 0 aliphatic carbocycles. The van der Waals surface area contributed by atoms with Crippen LogP contribution >= 0.6 is 11.6 Å². The second-order valence-corrected chi connectivity index (χ2v) is 3.66. The van der Waals surface area contributed by atoms with E-state index >= 15 is 0 Å². The fourth-order valence-corrected chi connectivity index (χ4v) is 1.61. The number of furan rings is 1. The Hall–Kier alpha value is -1.65. The Morgan fingerprint density at radius 1 is 1.27 bits per heavy atom. The second-order valence-electron chi connectivity index (χ2n) is 3.25. The Labute approximate surface area is 93.7 Å². The zero-order chi connectivity index (χ0) is 10.8. The molecule has 0 fully saturated rings. The molecule has 74 valence electrons. The van der Waals surface area contributed by atoms with Gasteiger partial charge in [-0.3, -0.25) is 0 Å². The van der Waals surface area contributed by atoms with Crippen LogP contribution in [0.25, 0.3) is 11.3 Å². The average Bonchev–Trinajstić information content (AvgIpc) is 2.65. The molecule has 0 bridgehead atoms. The van der Waals surface area contributed by atoms with E-state index in [4.69, 9.17) is 22.4 Å². The smallest absolute Gasteiger partial charge is 0.134 e. The van der Waals surface area contributed by atoms with E-state index in [1.165, 1.54) is 0 Å². The summed E-state index contributed by atoms with van der Waals surface area (Å²) >= 11 is 6.00. The quantitative estimate of drug-likeness (QED) is 0.660. The molecule has 15 heavy (non-hydrogen) atoms. The van der Waals surface area contributed by atoms with Gasteiger partial charge in [-0.2, -0.15) is 0 Å². The molecule has 0 N–H and O–H groups in total. The largest absolute Gasteiger partial charge is 0.461 e. The first kappa shape index (κ1) is 9.89. The summed E-state index contributed by atoms with van der Waals surface area (Å²) in [6.45, 7) is 1.90. The Bertz CT molecular complexity index is 532. The van der Waals surface area contributed by atoms with E-state index < -0.39 is 0 Å². The normalized spacial score (nSPS) is 9.93. The Morgan fingerprint density at radius 2 is 2.07 bits per heavy atom. The van der Waals surface area contributed by atoms with Gasteiger partial charge in [-0.05, 0) is 37.3 Å². The maximum atomic E-state index is 6.00. The lowest BCUT2D eigenvalue weighted by atomic mass is 10.1. The highest BCUT2D eigenvalue weighted by atomic mass is 35.5. The van der Waals surface area contributed by atoms with Crippen molar-refractivity contribution in [1.82, 2.24) is 0 Å². The van der Waals surface area contributed by atoms with Crippen molar-refractivity contribution in [3.8, 4) is 23.7 Å². The number of benzene rings is 1. The van der Waals surface area contributed by atoms with Gasteiger partial charge in [0, 0.05) is 11.1 Å². The van der Waals surface area contributed by atoms with Crippen molar-refractivity contribution in [3.63, 3.8) is 0 Å². The van der Waals surface area contributed by atoms with Crippen LogP contribution in [0.15, 0.2) is 34.7 Å².